The molecule has 0 aliphatic carbocycles. The highest BCUT2D eigenvalue weighted by molar-refractivity contribution is 5.79. The molecule has 1 fully saturated rings. The van der Waals surface area contributed by atoms with Crippen molar-refractivity contribution in [3.8, 4) is 0 Å². The summed E-state index contributed by atoms with van der Waals surface area (Å²) in [6, 6.07) is 0. The monoisotopic (exact) mass is 269 g/mol. The van der Waals surface area contributed by atoms with E-state index in [0.717, 1.165) is 38.6 Å². The van der Waals surface area contributed by atoms with Gasteiger partial charge in [0.05, 0.1) is 6.10 Å². The van der Waals surface area contributed by atoms with Gasteiger partial charge in [-0.05, 0) is 32.6 Å². The van der Waals surface area contributed by atoms with Gasteiger partial charge < -0.3 is 15.4 Å². The Morgan fingerprint density at radius 3 is 2.79 bits per heavy atom. The van der Waals surface area contributed by atoms with Crippen LogP contribution in [0.25, 0.3) is 0 Å². The van der Waals surface area contributed by atoms with Crippen LogP contribution in [0.3, 0.4) is 0 Å². The highest BCUT2D eigenvalue weighted by Crippen LogP contribution is 2.14. The standard InChI is InChI=1S/C15H31N3O/c1-3-5-6-7-11-17-15(16-4-2)18-12-10-14-9-8-13-19-14/h14H,3-13H2,1-2H3,(H2,16,17,18). The van der Waals surface area contributed by atoms with Crippen molar-refractivity contribution in [1.29, 1.82) is 0 Å². The smallest absolute Gasteiger partial charge is 0.191 e. The molecule has 2 N–H and O–H groups in total. The van der Waals surface area contributed by atoms with E-state index in [-0.39, 0.29) is 0 Å². The van der Waals surface area contributed by atoms with Gasteiger partial charge in [-0.15, -0.1) is 0 Å². The van der Waals surface area contributed by atoms with Crippen molar-refractivity contribution in [3.63, 3.8) is 0 Å². The van der Waals surface area contributed by atoms with E-state index < -0.39 is 0 Å². The molecule has 0 aromatic rings. The summed E-state index contributed by atoms with van der Waals surface area (Å²) in [5.41, 5.74) is 0. The van der Waals surface area contributed by atoms with E-state index in [1.165, 1.54) is 38.5 Å². The van der Waals surface area contributed by atoms with E-state index in [1.807, 2.05) is 0 Å². The highest BCUT2D eigenvalue weighted by Gasteiger charge is 2.14. The van der Waals surface area contributed by atoms with Crippen molar-refractivity contribution in [2.45, 2.75) is 64.9 Å². The van der Waals surface area contributed by atoms with Gasteiger partial charge in [0, 0.05) is 26.2 Å². The van der Waals surface area contributed by atoms with Crippen LogP contribution < -0.4 is 10.6 Å². The summed E-state index contributed by atoms with van der Waals surface area (Å²) >= 11 is 0. The minimum Gasteiger partial charge on any atom is -0.378 e. The number of unbranched alkanes of at least 4 members (excludes halogenated alkanes) is 3. The van der Waals surface area contributed by atoms with Crippen LogP contribution in [-0.4, -0.2) is 38.3 Å². The van der Waals surface area contributed by atoms with E-state index >= 15 is 0 Å². The van der Waals surface area contributed by atoms with Crippen molar-refractivity contribution >= 4 is 5.96 Å². The maximum absolute atomic E-state index is 5.62. The number of hydrogen-bond donors (Lipinski definition) is 2. The third-order valence-electron chi connectivity index (χ3n) is 3.41. The van der Waals surface area contributed by atoms with Crippen LogP contribution in [0.2, 0.25) is 0 Å². The molecule has 1 unspecified atom stereocenters. The summed E-state index contributed by atoms with van der Waals surface area (Å²) in [4.78, 5) is 4.60. The van der Waals surface area contributed by atoms with Gasteiger partial charge in [0.25, 0.3) is 0 Å². The van der Waals surface area contributed by atoms with Gasteiger partial charge >= 0.3 is 0 Å². The predicted octanol–water partition coefficient (Wildman–Crippen LogP) is 2.69. The summed E-state index contributed by atoms with van der Waals surface area (Å²) in [6.45, 7) is 8.08. The molecule has 0 aromatic heterocycles. The fraction of sp³-hybridized carbons (Fsp3) is 0.933. The minimum absolute atomic E-state index is 0.458. The fourth-order valence-corrected chi connectivity index (χ4v) is 2.29. The van der Waals surface area contributed by atoms with E-state index in [1.54, 1.807) is 0 Å². The largest absolute Gasteiger partial charge is 0.378 e. The molecule has 1 aliphatic rings. The average Bonchev–Trinajstić information content (AvgIpc) is 2.91. The second-order valence-electron chi connectivity index (χ2n) is 5.17. The molecule has 0 aromatic carbocycles. The Bertz CT molecular complexity index is 238. The van der Waals surface area contributed by atoms with Gasteiger partial charge in [-0.1, -0.05) is 26.2 Å². The Kier molecular flexibility index (Phi) is 9.51. The number of guanidine groups is 1. The Morgan fingerprint density at radius 2 is 2.11 bits per heavy atom. The van der Waals surface area contributed by atoms with Crippen molar-refractivity contribution in [1.82, 2.24) is 10.6 Å². The third kappa shape index (κ3) is 8.09. The number of nitrogens with zero attached hydrogens (tertiary/aromatic N) is 1. The average molecular weight is 269 g/mol. The van der Waals surface area contributed by atoms with Crippen molar-refractivity contribution in [3.05, 3.63) is 0 Å². The molecule has 0 amide bonds. The summed E-state index contributed by atoms with van der Waals surface area (Å²) in [6.07, 6.45) is 9.05. The molecule has 1 atom stereocenters. The predicted molar refractivity (Wildman–Crippen MR) is 81.7 cm³/mol. The van der Waals surface area contributed by atoms with Crippen LogP contribution in [0.5, 0.6) is 0 Å². The van der Waals surface area contributed by atoms with Crippen LogP contribution in [0.15, 0.2) is 4.99 Å². The summed E-state index contributed by atoms with van der Waals surface area (Å²) < 4.78 is 5.62. The van der Waals surface area contributed by atoms with Gasteiger partial charge in [-0.2, -0.15) is 0 Å². The number of aliphatic imine (C=N–C) groups is 1. The molecule has 19 heavy (non-hydrogen) atoms. The quantitative estimate of drug-likeness (QED) is 0.384. The van der Waals surface area contributed by atoms with Crippen LogP contribution in [0, 0.1) is 0 Å². The van der Waals surface area contributed by atoms with Crippen LogP contribution in [0.1, 0.15) is 58.8 Å². The summed E-state index contributed by atoms with van der Waals surface area (Å²) in [5, 5.41) is 6.69. The molecule has 0 saturated carbocycles. The van der Waals surface area contributed by atoms with E-state index in [2.05, 4.69) is 29.5 Å². The number of ether oxygens (including phenoxy) is 1. The van der Waals surface area contributed by atoms with Gasteiger partial charge in [0.1, 0.15) is 0 Å². The van der Waals surface area contributed by atoms with Gasteiger partial charge in [-0.25, -0.2) is 0 Å². The SMILES string of the molecule is CCCCCCN=C(NCC)NCCC1CCCO1. The molecule has 1 rings (SSSR count). The molecule has 1 heterocycles. The van der Waals surface area contributed by atoms with Crippen LogP contribution >= 0.6 is 0 Å². The van der Waals surface area contributed by atoms with Crippen molar-refractivity contribution in [2.24, 2.45) is 4.99 Å². The molecule has 112 valence electrons. The molecule has 4 heteroatoms. The second kappa shape index (κ2) is 11.1. The summed E-state index contributed by atoms with van der Waals surface area (Å²) in [5.74, 6) is 0.956. The number of rotatable bonds is 9. The molecule has 0 spiro atoms. The zero-order chi connectivity index (χ0) is 13.8. The molecular weight excluding hydrogens is 238 g/mol. The normalized spacial score (nSPS) is 19.7. The maximum atomic E-state index is 5.62. The van der Waals surface area contributed by atoms with Crippen molar-refractivity contribution < 1.29 is 4.74 Å². The second-order valence-corrected chi connectivity index (χ2v) is 5.17. The van der Waals surface area contributed by atoms with Crippen LogP contribution in [0.4, 0.5) is 0 Å². The lowest BCUT2D eigenvalue weighted by Crippen LogP contribution is -2.38. The lowest BCUT2D eigenvalue weighted by molar-refractivity contribution is 0.105. The van der Waals surface area contributed by atoms with E-state index in [0.29, 0.717) is 6.10 Å². The van der Waals surface area contributed by atoms with Gasteiger partial charge in [-0.3, -0.25) is 4.99 Å². The molecule has 0 radical (unpaired) electrons. The molecular formula is C15H31N3O. The molecule has 4 nitrogen and oxygen atoms in total. The van der Waals surface area contributed by atoms with E-state index in [9.17, 15) is 0 Å². The Labute approximate surface area is 118 Å². The summed E-state index contributed by atoms with van der Waals surface area (Å²) in [7, 11) is 0. The Hall–Kier alpha value is -0.770. The van der Waals surface area contributed by atoms with E-state index in [4.69, 9.17) is 4.74 Å². The minimum atomic E-state index is 0.458. The fourth-order valence-electron chi connectivity index (χ4n) is 2.29. The first-order chi connectivity index (χ1) is 9.36. The van der Waals surface area contributed by atoms with Crippen molar-refractivity contribution in [2.75, 3.05) is 26.2 Å². The molecule has 1 saturated heterocycles. The lowest BCUT2D eigenvalue weighted by Gasteiger charge is -2.13. The Balaban J connectivity index is 2.12. The maximum Gasteiger partial charge on any atom is 0.191 e. The topological polar surface area (TPSA) is 45.7 Å². The van der Waals surface area contributed by atoms with Crippen LogP contribution in [-0.2, 0) is 4.74 Å². The molecule has 1 aliphatic heterocycles. The zero-order valence-corrected chi connectivity index (χ0v) is 12.7. The first-order valence-corrected chi connectivity index (χ1v) is 8.00. The first kappa shape index (κ1) is 16.3. The zero-order valence-electron chi connectivity index (χ0n) is 12.7. The highest BCUT2D eigenvalue weighted by atomic mass is 16.5. The first-order valence-electron chi connectivity index (χ1n) is 8.00. The molecule has 0 bridgehead atoms. The van der Waals surface area contributed by atoms with Gasteiger partial charge in [0.2, 0.25) is 0 Å². The lowest BCUT2D eigenvalue weighted by atomic mass is 10.2. The number of nitrogens with one attached hydrogen (secondary N) is 2. The number of hydrogen-bond acceptors (Lipinski definition) is 2. The third-order valence-corrected chi connectivity index (χ3v) is 3.41. The Morgan fingerprint density at radius 1 is 1.21 bits per heavy atom. The van der Waals surface area contributed by atoms with Gasteiger partial charge in [0.15, 0.2) is 5.96 Å².